The minimum Gasteiger partial charge on any atom is -0.406 e. The van der Waals surface area contributed by atoms with Gasteiger partial charge in [-0.3, -0.25) is 14.5 Å². The van der Waals surface area contributed by atoms with Gasteiger partial charge in [0.2, 0.25) is 5.91 Å². The van der Waals surface area contributed by atoms with Gasteiger partial charge in [-0.25, -0.2) is 0 Å². The molecule has 26 heavy (non-hydrogen) atoms. The smallest absolute Gasteiger partial charge is 0.406 e. The maximum Gasteiger partial charge on any atom is 0.573 e. The number of anilines is 1. The Morgan fingerprint density at radius 1 is 1.31 bits per heavy atom. The van der Waals surface area contributed by atoms with Gasteiger partial charge >= 0.3 is 12.3 Å². The zero-order valence-electron chi connectivity index (χ0n) is 14.4. The van der Waals surface area contributed by atoms with Crippen molar-refractivity contribution in [2.24, 2.45) is 11.1 Å². The summed E-state index contributed by atoms with van der Waals surface area (Å²) in [5.41, 5.74) is 3.93. The summed E-state index contributed by atoms with van der Waals surface area (Å²) in [5.74, 6) is -0.206. The number of hydrogen-bond donors (Lipinski definition) is 1. The highest BCUT2D eigenvalue weighted by Gasteiger charge is 2.53. The standard InChI is InChI=1S/C18H19F3N2O3/c1-4-14(24)23(17(15(22)25)9-8-16(2,3)11-17)12-6-5-7-13(10-12)26-18(19,20)21/h1,5-7,10H,8-9,11H2,2-3H3,(H2,22,25). The first kappa shape index (κ1) is 19.6. The van der Waals surface area contributed by atoms with Crippen molar-refractivity contribution in [2.75, 3.05) is 4.90 Å². The maximum atomic E-state index is 12.5. The van der Waals surface area contributed by atoms with E-state index in [1.165, 1.54) is 12.1 Å². The molecule has 2 amide bonds. The summed E-state index contributed by atoms with van der Waals surface area (Å²) >= 11 is 0. The lowest BCUT2D eigenvalue weighted by Crippen LogP contribution is -2.59. The van der Waals surface area contributed by atoms with Crippen LogP contribution in [0.4, 0.5) is 18.9 Å². The molecule has 140 valence electrons. The van der Waals surface area contributed by atoms with Crippen LogP contribution in [-0.2, 0) is 9.59 Å². The first-order valence-corrected chi connectivity index (χ1v) is 7.87. The number of alkyl halides is 3. The minimum absolute atomic E-state index is 0.0196. The first-order chi connectivity index (χ1) is 11.9. The van der Waals surface area contributed by atoms with Gasteiger partial charge in [-0.2, -0.15) is 0 Å². The molecule has 1 saturated carbocycles. The van der Waals surface area contributed by atoms with Crippen LogP contribution in [0.1, 0.15) is 33.1 Å². The number of nitrogens with two attached hydrogens (primary N) is 1. The molecule has 0 aromatic heterocycles. The van der Waals surface area contributed by atoms with Gasteiger partial charge in [0.15, 0.2) is 0 Å². The number of terminal acetylenes is 1. The predicted octanol–water partition coefficient (Wildman–Crippen LogP) is 2.99. The Bertz CT molecular complexity index is 768. The normalized spacial score (nSPS) is 21.7. The second kappa shape index (κ2) is 6.56. The number of benzene rings is 1. The van der Waals surface area contributed by atoms with E-state index in [9.17, 15) is 22.8 Å². The van der Waals surface area contributed by atoms with E-state index in [1.807, 2.05) is 19.8 Å². The van der Waals surface area contributed by atoms with E-state index >= 15 is 0 Å². The van der Waals surface area contributed by atoms with Gasteiger partial charge in [0.25, 0.3) is 0 Å². The Labute approximate surface area is 149 Å². The van der Waals surface area contributed by atoms with Crippen LogP contribution >= 0.6 is 0 Å². The number of carbonyl (C=O) groups is 2. The first-order valence-electron chi connectivity index (χ1n) is 7.87. The molecular formula is C18H19F3N2O3. The summed E-state index contributed by atoms with van der Waals surface area (Å²) in [6.07, 6.45) is 1.45. The van der Waals surface area contributed by atoms with Crippen molar-refractivity contribution >= 4 is 17.5 Å². The van der Waals surface area contributed by atoms with Crippen molar-refractivity contribution in [3.05, 3.63) is 24.3 Å². The van der Waals surface area contributed by atoms with Gasteiger partial charge in [0, 0.05) is 11.8 Å². The molecule has 1 aromatic rings. The van der Waals surface area contributed by atoms with Crippen LogP contribution in [0.2, 0.25) is 0 Å². The number of primary amides is 1. The van der Waals surface area contributed by atoms with Crippen molar-refractivity contribution in [2.45, 2.75) is 45.0 Å². The largest absolute Gasteiger partial charge is 0.573 e. The van der Waals surface area contributed by atoms with Crippen molar-refractivity contribution in [3.63, 3.8) is 0 Å². The van der Waals surface area contributed by atoms with Gasteiger partial charge < -0.3 is 10.5 Å². The predicted molar refractivity (Wildman–Crippen MR) is 89.0 cm³/mol. The molecule has 0 spiro atoms. The van der Waals surface area contributed by atoms with Crippen LogP contribution in [0.3, 0.4) is 0 Å². The van der Waals surface area contributed by atoms with E-state index in [2.05, 4.69) is 4.74 Å². The summed E-state index contributed by atoms with van der Waals surface area (Å²) < 4.78 is 41.4. The Hall–Kier alpha value is -2.69. The number of ether oxygens (including phenoxy) is 1. The van der Waals surface area contributed by atoms with Crippen LogP contribution in [0.15, 0.2) is 24.3 Å². The summed E-state index contributed by atoms with van der Waals surface area (Å²) in [7, 11) is 0. The van der Waals surface area contributed by atoms with Gasteiger partial charge in [-0.15, -0.1) is 19.6 Å². The molecule has 0 saturated heterocycles. The van der Waals surface area contributed by atoms with Gasteiger partial charge in [-0.05, 0) is 42.7 Å². The second-order valence-electron chi connectivity index (χ2n) is 7.07. The average Bonchev–Trinajstić information content (AvgIpc) is 2.83. The molecule has 1 aliphatic carbocycles. The molecule has 8 heteroatoms. The summed E-state index contributed by atoms with van der Waals surface area (Å²) in [5, 5.41) is 0. The zero-order valence-corrected chi connectivity index (χ0v) is 14.4. The third kappa shape index (κ3) is 3.93. The van der Waals surface area contributed by atoms with Crippen LogP contribution in [0, 0.1) is 17.8 Å². The van der Waals surface area contributed by atoms with E-state index in [1.54, 1.807) is 0 Å². The fraction of sp³-hybridized carbons (Fsp3) is 0.444. The number of carbonyl (C=O) groups excluding carboxylic acids is 2. The third-order valence-electron chi connectivity index (χ3n) is 4.51. The van der Waals surface area contributed by atoms with Crippen LogP contribution in [0.5, 0.6) is 5.75 Å². The SMILES string of the molecule is C#CC(=O)N(c1cccc(OC(F)(F)F)c1)C1(C(N)=O)CCC(C)(C)C1. The van der Waals surface area contributed by atoms with Crippen molar-refractivity contribution in [1.29, 1.82) is 0 Å². The molecule has 1 atom stereocenters. The molecule has 1 fully saturated rings. The van der Waals surface area contributed by atoms with Crippen molar-refractivity contribution in [3.8, 4) is 18.1 Å². The van der Waals surface area contributed by atoms with Gasteiger partial charge in [0.05, 0.1) is 0 Å². The Balaban J connectivity index is 2.56. The number of amides is 2. The van der Waals surface area contributed by atoms with Crippen molar-refractivity contribution in [1.82, 2.24) is 0 Å². The van der Waals surface area contributed by atoms with E-state index < -0.39 is 29.5 Å². The molecule has 0 aliphatic heterocycles. The Kier molecular flexibility index (Phi) is 4.95. The maximum absolute atomic E-state index is 12.5. The molecular weight excluding hydrogens is 349 g/mol. The van der Waals surface area contributed by atoms with E-state index in [4.69, 9.17) is 12.2 Å². The number of hydrogen-bond acceptors (Lipinski definition) is 3. The quantitative estimate of drug-likeness (QED) is 0.831. The van der Waals surface area contributed by atoms with E-state index in [0.717, 1.165) is 17.0 Å². The number of nitrogens with zero attached hydrogens (tertiary/aromatic N) is 1. The molecule has 2 rings (SSSR count). The Morgan fingerprint density at radius 2 is 1.96 bits per heavy atom. The third-order valence-corrected chi connectivity index (χ3v) is 4.51. The van der Waals surface area contributed by atoms with Crippen LogP contribution in [-0.4, -0.2) is 23.7 Å². The minimum atomic E-state index is -4.89. The van der Waals surface area contributed by atoms with Crippen LogP contribution < -0.4 is 15.4 Å². The molecule has 1 aromatic carbocycles. The molecule has 1 unspecified atom stereocenters. The molecule has 0 radical (unpaired) electrons. The van der Waals surface area contributed by atoms with Gasteiger partial charge in [-0.1, -0.05) is 19.9 Å². The highest BCUT2D eigenvalue weighted by Crippen LogP contribution is 2.48. The molecule has 2 N–H and O–H groups in total. The topological polar surface area (TPSA) is 72.6 Å². The van der Waals surface area contributed by atoms with Crippen molar-refractivity contribution < 1.29 is 27.5 Å². The van der Waals surface area contributed by atoms with E-state index in [-0.39, 0.29) is 23.9 Å². The number of halogens is 3. The average molecular weight is 368 g/mol. The molecule has 0 bridgehead atoms. The zero-order chi connectivity index (χ0) is 19.8. The highest BCUT2D eigenvalue weighted by molar-refractivity contribution is 6.11. The lowest BCUT2D eigenvalue weighted by Gasteiger charge is -2.38. The fourth-order valence-electron chi connectivity index (χ4n) is 3.47. The summed E-state index contributed by atoms with van der Waals surface area (Å²) in [4.78, 5) is 25.8. The summed E-state index contributed by atoms with van der Waals surface area (Å²) in [6, 6.07) is 4.76. The lowest BCUT2D eigenvalue weighted by molar-refractivity contribution is -0.274. The fourth-order valence-corrected chi connectivity index (χ4v) is 3.47. The molecule has 1 aliphatic rings. The Morgan fingerprint density at radius 3 is 2.42 bits per heavy atom. The van der Waals surface area contributed by atoms with Gasteiger partial charge in [0.1, 0.15) is 11.3 Å². The second-order valence-corrected chi connectivity index (χ2v) is 7.07. The molecule has 5 nitrogen and oxygen atoms in total. The lowest BCUT2D eigenvalue weighted by atomic mass is 9.85. The number of rotatable bonds is 4. The van der Waals surface area contributed by atoms with Crippen LogP contribution in [0.25, 0.3) is 0 Å². The molecule has 0 heterocycles. The highest BCUT2D eigenvalue weighted by atomic mass is 19.4. The monoisotopic (exact) mass is 368 g/mol. The summed E-state index contributed by atoms with van der Waals surface area (Å²) in [6.45, 7) is 3.83. The van der Waals surface area contributed by atoms with E-state index in [0.29, 0.717) is 6.42 Å².